The van der Waals surface area contributed by atoms with Crippen LogP contribution in [0.25, 0.3) is 0 Å². The topological polar surface area (TPSA) is 41.1 Å². The first kappa shape index (κ1) is 13.0. The van der Waals surface area contributed by atoms with Crippen molar-refractivity contribution < 1.29 is 13.6 Å². The molecular weight excluding hydrogens is 238 g/mol. The molecule has 1 amide bonds. The van der Waals surface area contributed by atoms with Gasteiger partial charge in [-0.1, -0.05) is 6.07 Å². The molecular formula is C13H16F2N2O. The predicted octanol–water partition coefficient (Wildman–Crippen LogP) is 1.72. The monoisotopic (exact) mass is 254 g/mol. The van der Waals surface area contributed by atoms with E-state index in [4.69, 9.17) is 0 Å². The number of carbonyl (C=O) groups excluding carboxylic acids is 1. The fraction of sp³-hybridized carbons (Fsp3) is 0.462. The second kappa shape index (κ2) is 5.02. The number of carbonyl (C=O) groups is 1. The Morgan fingerprint density at radius 1 is 1.44 bits per heavy atom. The quantitative estimate of drug-likeness (QED) is 0.862. The summed E-state index contributed by atoms with van der Waals surface area (Å²) in [7, 11) is 0. The van der Waals surface area contributed by atoms with E-state index < -0.39 is 17.2 Å². The molecule has 1 saturated heterocycles. The molecule has 1 fully saturated rings. The summed E-state index contributed by atoms with van der Waals surface area (Å²) in [6.07, 6.45) is 1.76. The lowest BCUT2D eigenvalue weighted by atomic mass is 9.99. The molecule has 0 radical (unpaired) electrons. The summed E-state index contributed by atoms with van der Waals surface area (Å²) in [6.45, 7) is 2.88. The molecule has 1 atom stereocenters. The Morgan fingerprint density at radius 3 is 2.83 bits per heavy atom. The highest BCUT2D eigenvalue weighted by atomic mass is 19.2. The fourth-order valence-corrected chi connectivity index (χ4v) is 2.12. The molecule has 1 aliphatic heterocycles. The Bertz CT molecular complexity index is 456. The van der Waals surface area contributed by atoms with E-state index >= 15 is 0 Å². The van der Waals surface area contributed by atoms with Gasteiger partial charge in [-0.25, -0.2) is 8.78 Å². The number of benzene rings is 1. The summed E-state index contributed by atoms with van der Waals surface area (Å²) in [5.74, 6) is -1.88. The van der Waals surface area contributed by atoms with Crippen molar-refractivity contribution in [1.82, 2.24) is 10.6 Å². The van der Waals surface area contributed by atoms with E-state index in [0.717, 1.165) is 31.5 Å². The van der Waals surface area contributed by atoms with Crippen molar-refractivity contribution in [1.29, 1.82) is 0 Å². The van der Waals surface area contributed by atoms with E-state index in [1.54, 1.807) is 0 Å². The fourth-order valence-electron chi connectivity index (χ4n) is 2.12. The maximum absolute atomic E-state index is 13.0. The minimum Gasteiger partial charge on any atom is -0.350 e. The van der Waals surface area contributed by atoms with E-state index in [9.17, 15) is 13.6 Å². The molecule has 1 heterocycles. The van der Waals surface area contributed by atoms with Crippen LogP contribution in [0.1, 0.15) is 25.3 Å². The van der Waals surface area contributed by atoms with Gasteiger partial charge in [-0.15, -0.1) is 0 Å². The van der Waals surface area contributed by atoms with Gasteiger partial charge in [0.25, 0.3) is 0 Å². The average Bonchev–Trinajstić information content (AvgIpc) is 2.79. The van der Waals surface area contributed by atoms with E-state index in [-0.39, 0.29) is 12.5 Å². The van der Waals surface area contributed by atoms with Crippen LogP contribution >= 0.6 is 0 Å². The molecule has 1 aromatic rings. The van der Waals surface area contributed by atoms with Gasteiger partial charge in [0.15, 0.2) is 11.6 Å². The predicted molar refractivity (Wildman–Crippen MR) is 63.8 cm³/mol. The van der Waals surface area contributed by atoms with Gasteiger partial charge in [0.2, 0.25) is 5.91 Å². The van der Waals surface area contributed by atoms with Crippen LogP contribution in [0.5, 0.6) is 0 Å². The van der Waals surface area contributed by atoms with Crippen molar-refractivity contribution >= 4 is 5.91 Å². The Balaban J connectivity index is 1.95. The third kappa shape index (κ3) is 2.67. The summed E-state index contributed by atoms with van der Waals surface area (Å²) >= 11 is 0. The molecule has 98 valence electrons. The van der Waals surface area contributed by atoms with E-state index in [0.29, 0.717) is 5.56 Å². The Labute approximate surface area is 105 Å². The first-order chi connectivity index (χ1) is 8.51. The molecule has 1 unspecified atom stereocenters. The van der Waals surface area contributed by atoms with Crippen molar-refractivity contribution in [3.05, 3.63) is 35.4 Å². The lowest BCUT2D eigenvalue weighted by Crippen LogP contribution is -2.50. The minimum atomic E-state index is -0.896. The summed E-state index contributed by atoms with van der Waals surface area (Å²) in [4.78, 5) is 12.0. The molecule has 0 spiro atoms. The highest BCUT2D eigenvalue weighted by Gasteiger charge is 2.35. The molecule has 18 heavy (non-hydrogen) atoms. The van der Waals surface area contributed by atoms with Crippen LogP contribution in [-0.2, 0) is 11.3 Å². The molecule has 2 N–H and O–H groups in total. The average molecular weight is 254 g/mol. The van der Waals surface area contributed by atoms with Gasteiger partial charge >= 0.3 is 0 Å². The lowest BCUT2D eigenvalue weighted by molar-refractivity contribution is -0.126. The van der Waals surface area contributed by atoms with Gasteiger partial charge in [0, 0.05) is 6.54 Å². The van der Waals surface area contributed by atoms with Crippen molar-refractivity contribution in [3.63, 3.8) is 0 Å². The normalized spacial score (nSPS) is 23.1. The number of halogens is 2. The standard InChI is InChI=1S/C13H16F2N2O/c1-13(5-2-6-17-13)12(18)16-8-9-3-4-10(14)11(15)7-9/h3-4,7,17H,2,5-6,8H2,1H3,(H,16,18). The Hall–Kier alpha value is -1.49. The van der Waals surface area contributed by atoms with Crippen LogP contribution in [0.15, 0.2) is 18.2 Å². The van der Waals surface area contributed by atoms with Crippen molar-refractivity contribution in [2.45, 2.75) is 31.8 Å². The van der Waals surface area contributed by atoms with Crippen LogP contribution < -0.4 is 10.6 Å². The van der Waals surface area contributed by atoms with E-state index in [2.05, 4.69) is 10.6 Å². The largest absolute Gasteiger partial charge is 0.350 e. The molecule has 5 heteroatoms. The van der Waals surface area contributed by atoms with Crippen LogP contribution in [0.4, 0.5) is 8.78 Å². The highest BCUT2D eigenvalue weighted by Crippen LogP contribution is 2.18. The zero-order chi connectivity index (χ0) is 13.2. The molecule has 0 bridgehead atoms. The third-order valence-electron chi connectivity index (χ3n) is 3.31. The third-order valence-corrected chi connectivity index (χ3v) is 3.31. The lowest BCUT2D eigenvalue weighted by Gasteiger charge is -2.23. The maximum Gasteiger partial charge on any atom is 0.240 e. The van der Waals surface area contributed by atoms with Crippen molar-refractivity contribution in [2.24, 2.45) is 0 Å². The first-order valence-electron chi connectivity index (χ1n) is 5.98. The van der Waals surface area contributed by atoms with Crippen LogP contribution in [0.3, 0.4) is 0 Å². The minimum absolute atomic E-state index is 0.107. The molecule has 2 rings (SSSR count). The van der Waals surface area contributed by atoms with E-state index in [1.165, 1.54) is 6.07 Å². The summed E-state index contributed by atoms with van der Waals surface area (Å²) < 4.78 is 25.7. The number of amides is 1. The summed E-state index contributed by atoms with van der Waals surface area (Å²) in [6, 6.07) is 3.62. The number of rotatable bonds is 3. The molecule has 0 aromatic heterocycles. The van der Waals surface area contributed by atoms with Gasteiger partial charge < -0.3 is 10.6 Å². The zero-order valence-electron chi connectivity index (χ0n) is 10.2. The van der Waals surface area contributed by atoms with Gasteiger partial charge in [-0.3, -0.25) is 4.79 Å². The Morgan fingerprint density at radius 2 is 2.22 bits per heavy atom. The molecule has 1 aromatic carbocycles. The SMILES string of the molecule is CC1(C(=O)NCc2ccc(F)c(F)c2)CCCN1. The summed E-state index contributed by atoms with van der Waals surface area (Å²) in [5.41, 5.74) is 0.00215. The zero-order valence-corrected chi connectivity index (χ0v) is 10.2. The van der Waals surface area contributed by atoms with Gasteiger partial charge in [0.05, 0.1) is 5.54 Å². The van der Waals surface area contributed by atoms with Crippen LogP contribution in [0, 0.1) is 11.6 Å². The second-order valence-corrected chi connectivity index (χ2v) is 4.79. The molecule has 1 aliphatic rings. The molecule has 3 nitrogen and oxygen atoms in total. The Kier molecular flexibility index (Phi) is 3.61. The van der Waals surface area contributed by atoms with Crippen molar-refractivity contribution in [3.8, 4) is 0 Å². The van der Waals surface area contributed by atoms with Gasteiger partial charge in [-0.2, -0.15) is 0 Å². The maximum atomic E-state index is 13.0. The first-order valence-corrected chi connectivity index (χ1v) is 5.98. The highest BCUT2D eigenvalue weighted by molar-refractivity contribution is 5.86. The number of nitrogens with one attached hydrogen (secondary N) is 2. The summed E-state index contributed by atoms with van der Waals surface area (Å²) in [5, 5.41) is 5.88. The van der Waals surface area contributed by atoms with Gasteiger partial charge in [-0.05, 0) is 44.0 Å². The smallest absolute Gasteiger partial charge is 0.240 e. The van der Waals surface area contributed by atoms with Gasteiger partial charge in [0.1, 0.15) is 0 Å². The van der Waals surface area contributed by atoms with Crippen LogP contribution in [-0.4, -0.2) is 18.0 Å². The molecule has 0 saturated carbocycles. The van der Waals surface area contributed by atoms with Crippen molar-refractivity contribution in [2.75, 3.05) is 6.54 Å². The number of hydrogen-bond donors (Lipinski definition) is 2. The van der Waals surface area contributed by atoms with E-state index in [1.807, 2.05) is 6.92 Å². The second-order valence-electron chi connectivity index (χ2n) is 4.79. The molecule has 0 aliphatic carbocycles. The number of hydrogen-bond acceptors (Lipinski definition) is 2. The van der Waals surface area contributed by atoms with Crippen LogP contribution in [0.2, 0.25) is 0 Å².